The molecule has 1 N–H and O–H groups in total. The van der Waals surface area contributed by atoms with E-state index in [0.717, 1.165) is 36.6 Å². The molecule has 1 aliphatic rings. The smallest absolute Gasteiger partial charge is 0.215 e. The maximum atomic E-state index is 12.8. The lowest BCUT2D eigenvalue weighted by Crippen LogP contribution is -2.42. The Morgan fingerprint density at radius 3 is 2.77 bits per heavy atom. The van der Waals surface area contributed by atoms with E-state index in [2.05, 4.69) is 27.4 Å². The maximum Gasteiger partial charge on any atom is 0.215 e. The molecular weight excluding hydrogens is 350 g/mol. The van der Waals surface area contributed by atoms with Gasteiger partial charge in [-0.3, -0.25) is 14.7 Å². The van der Waals surface area contributed by atoms with E-state index in [-0.39, 0.29) is 12.3 Å². The molecule has 0 aliphatic carbocycles. The molecular formula is C18H23N5O2S. The van der Waals surface area contributed by atoms with Gasteiger partial charge in [-0.25, -0.2) is 0 Å². The van der Waals surface area contributed by atoms with Crippen LogP contribution in [0.5, 0.6) is 5.75 Å². The lowest BCUT2D eigenvalue weighted by atomic mass is 10.1. The molecule has 0 bridgehead atoms. The van der Waals surface area contributed by atoms with Crippen LogP contribution in [0.1, 0.15) is 35.1 Å². The van der Waals surface area contributed by atoms with Crippen molar-refractivity contribution in [2.45, 2.75) is 26.2 Å². The number of ether oxygens (including phenoxy) is 1. The highest BCUT2D eigenvalue weighted by Gasteiger charge is 2.23. The summed E-state index contributed by atoms with van der Waals surface area (Å²) in [6.45, 7) is 3.79. The molecule has 0 spiro atoms. The normalized spacial score (nSPS) is 13.2. The number of unbranched alkanes of at least 4 members (excludes halogenated alkanes) is 1. The van der Waals surface area contributed by atoms with Crippen molar-refractivity contribution < 1.29 is 9.53 Å². The number of benzene rings is 1. The summed E-state index contributed by atoms with van der Waals surface area (Å²) in [7, 11) is 1.61. The van der Waals surface area contributed by atoms with Gasteiger partial charge in [0.05, 0.1) is 20.2 Å². The van der Waals surface area contributed by atoms with Gasteiger partial charge >= 0.3 is 0 Å². The van der Waals surface area contributed by atoms with Crippen molar-refractivity contribution >= 4 is 28.2 Å². The van der Waals surface area contributed by atoms with Crippen LogP contribution >= 0.6 is 11.3 Å². The van der Waals surface area contributed by atoms with Gasteiger partial charge in [-0.05, 0) is 30.7 Å². The molecule has 2 heterocycles. The molecule has 0 saturated heterocycles. The number of aromatic nitrogens is 2. The fraction of sp³-hybridized carbons (Fsp3) is 0.444. The maximum absolute atomic E-state index is 12.8. The molecule has 26 heavy (non-hydrogen) atoms. The molecule has 1 aromatic heterocycles. The van der Waals surface area contributed by atoms with Crippen LogP contribution in [0.25, 0.3) is 0 Å². The molecule has 0 saturated carbocycles. The molecule has 0 fully saturated rings. The zero-order valence-electron chi connectivity index (χ0n) is 15.1. The first-order chi connectivity index (χ1) is 12.7. The minimum atomic E-state index is -0.00522. The Hall–Kier alpha value is -2.48. The van der Waals surface area contributed by atoms with Crippen molar-refractivity contribution in [1.82, 2.24) is 15.5 Å². The first-order valence-corrected chi connectivity index (χ1v) is 9.58. The number of aliphatic imine (C=N–C) groups is 1. The molecule has 0 amide bonds. The first-order valence-electron chi connectivity index (χ1n) is 8.76. The summed E-state index contributed by atoms with van der Waals surface area (Å²) in [5.74, 6) is 1.41. The lowest BCUT2D eigenvalue weighted by Gasteiger charge is -2.20. The molecule has 7 nitrogen and oxygen atoms in total. The van der Waals surface area contributed by atoms with Crippen molar-refractivity contribution in [2.75, 3.05) is 31.6 Å². The van der Waals surface area contributed by atoms with E-state index in [4.69, 9.17) is 4.74 Å². The zero-order valence-corrected chi connectivity index (χ0v) is 15.9. The van der Waals surface area contributed by atoms with Gasteiger partial charge in [-0.15, -0.1) is 10.2 Å². The van der Waals surface area contributed by atoms with Gasteiger partial charge in [0.15, 0.2) is 5.78 Å². The first kappa shape index (κ1) is 18.3. The number of rotatable bonds is 8. The van der Waals surface area contributed by atoms with Crippen molar-refractivity contribution in [2.24, 2.45) is 4.99 Å². The van der Waals surface area contributed by atoms with Crippen LogP contribution in [0.4, 0.5) is 5.13 Å². The second-order valence-electron chi connectivity index (χ2n) is 5.95. The van der Waals surface area contributed by atoms with Gasteiger partial charge in [0.25, 0.3) is 0 Å². The van der Waals surface area contributed by atoms with E-state index >= 15 is 0 Å². The van der Waals surface area contributed by atoms with Crippen molar-refractivity contribution in [1.29, 1.82) is 0 Å². The summed E-state index contributed by atoms with van der Waals surface area (Å²) < 4.78 is 5.15. The molecule has 138 valence electrons. The third-order valence-corrected chi connectivity index (χ3v) is 5.06. The third-order valence-electron chi connectivity index (χ3n) is 4.06. The summed E-state index contributed by atoms with van der Waals surface area (Å²) in [5, 5.41) is 13.5. The SMILES string of the molecule is CCCCc1nnc(N(CC(=O)c2ccc(OC)cc2)C2=NCCN2)s1. The van der Waals surface area contributed by atoms with Crippen LogP contribution in [0.15, 0.2) is 29.3 Å². The highest BCUT2D eigenvalue weighted by Crippen LogP contribution is 2.23. The van der Waals surface area contributed by atoms with Crippen molar-refractivity contribution in [3.8, 4) is 5.75 Å². The highest BCUT2D eigenvalue weighted by molar-refractivity contribution is 7.15. The van der Waals surface area contributed by atoms with E-state index in [0.29, 0.717) is 23.2 Å². The molecule has 8 heteroatoms. The van der Waals surface area contributed by atoms with Gasteiger partial charge in [0.2, 0.25) is 11.1 Å². The number of aryl methyl sites for hydroxylation is 1. The lowest BCUT2D eigenvalue weighted by molar-refractivity contribution is 0.100. The van der Waals surface area contributed by atoms with Crippen LogP contribution in [0, 0.1) is 0 Å². The summed E-state index contributed by atoms with van der Waals surface area (Å²) in [4.78, 5) is 19.0. The predicted molar refractivity (Wildman–Crippen MR) is 103 cm³/mol. The average Bonchev–Trinajstić information content (AvgIpc) is 3.36. The third kappa shape index (κ3) is 4.37. The highest BCUT2D eigenvalue weighted by atomic mass is 32.1. The van der Waals surface area contributed by atoms with E-state index in [1.807, 2.05) is 4.90 Å². The van der Waals surface area contributed by atoms with E-state index in [9.17, 15) is 4.79 Å². The van der Waals surface area contributed by atoms with Gasteiger partial charge < -0.3 is 10.1 Å². The number of hydrogen-bond donors (Lipinski definition) is 1. The van der Waals surface area contributed by atoms with Crippen LogP contribution in [0.2, 0.25) is 0 Å². The van der Waals surface area contributed by atoms with E-state index < -0.39 is 0 Å². The second-order valence-corrected chi connectivity index (χ2v) is 6.99. The number of hydrogen-bond acceptors (Lipinski definition) is 8. The molecule has 0 radical (unpaired) electrons. The Labute approximate surface area is 157 Å². The number of nitrogens with one attached hydrogen (secondary N) is 1. The summed E-state index contributed by atoms with van der Waals surface area (Å²) in [6.07, 6.45) is 3.11. The van der Waals surface area contributed by atoms with E-state index in [1.165, 1.54) is 11.3 Å². The van der Waals surface area contributed by atoms with Crippen LogP contribution in [0.3, 0.4) is 0 Å². The molecule has 1 aromatic carbocycles. The monoisotopic (exact) mass is 373 g/mol. The van der Waals surface area contributed by atoms with Crippen LogP contribution < -0.4 is 15.0 Å². The Kier molecular flexibility index (Phi) is 6.17. The number of methoxy groups -OCH3 is 1. The summed E-state index contributed by atoms with van der Waals surface area (Å²) in [6, 6.07) is 7.12. The van der Waals surface area contributed by atoms with E-state index in [1.54, 1.807) is 31.4 Å². The topological polar surface area (TPSA) is 79.7 Å². The predicted octanol–water partition coefficient (Wildman–Crippen LogP) is 2.54. The Morgan fingerprint density at radius 2 is 2.12 bits per heavy atom. The van der Waals surface area contributed by atoms with Gasteiger partial charge in [-0.2, -0.15) is 0 Å². The molecule has 1 aliphatic heterocycles. The fourth-order valence-corrected chi connectivity index (χ4v) is 3.48. The summed E-state index contributed by atoms with van der Waals surface area (Å²) >= 11 is 1.52. The number of nitrogens with zero attached hydrogens (tertiary/aromatic N) is 4. The Bertz CT molecular complexity index is 772. The minimum Gasteiger partial charge on any atom is -0.497 e. The number of carbonyl (C=O) groups excluding carboxylic acids is 1. The Balaban J connectivity index is 1.77. The molecule has 0 unspecified atom stereocenters. The number of Topliss-reactive ketones (excluding diaryl/α,β-unsaturated/α-hetero) is 1. The Morgan fingerprint density at radius 1 is 1.31 bits per heavy atom. The van der Waals surface area contributed by atoms with Crippen molar-refractivity contribution in [3.05, 3.63) is 34.8 Å². The molecule has 0 atom stereocenters. The average molecular weight is 373 g/mol. The standard InChI is InChI=1S/C18H23N5O2S/c1-3-4-5-16-21-22-18(26-16)23(17-19-10-11-20-17)12-15(24)13-6-8-14(25-2)9-7-13/h6-9H,3-5,10-12H2,1-2H3,(H,19,20). The second kappa shape index (κ2) is 8.75. The number of guanidine groups is 1. The largest absolute Gasteiger partial charge is 0.497 e. The quantitative estimate of drug-likeness (QED) is 0.717. The summed E-state index contributed by atoms with van der Waals surface area (Å²) in [5.41, 5.74) is 0.630. The van der Waals surface area contributed by atoms with Crippen LogP contribution in [-0.2, 0) is 6.42 Å². The van der Waals surface area contributed by atoms with Crippen molar-refractivity contribution in [3.63, 3.8) is 0 Å². The van der Waals surface area contributed by atoms with Gasteiger partial charge in [0.1, 0.15) is 10.8 Å². The molecule has 2 aromatic rings. The van der Waals surface area contributed by atoms with Crippen LogP contribution in [-0.4, -0.2) is 48.7 Å². The van der Waals surface area contributed by atoms with Gasteiger partial charge in [0, 0.05) is 18.5 Å². The minimum absolute atomic E-state index is 0.00522. The fourth-order valence-electron chi connectivity index (χ4n) is 2.59. The number of ketones is 1. The van der Waals surface area contributed by atoms with Gasteiger partial charge in [-0.1, -0.05) is 24.7 Å². The zero-order chi connectivity index (χ0) is 18.4. The number of anilines is 1. The molecule has 3 rings (SSSR count). The number of carbonyl (C=O) groups is 1.